The highest BCUT2D eigenvalue weighted by atomic mass is 16.3. The Morgan fingerprint density at radius 1 is 1.22 bits per heavy atom. The van der Waals surface area contributed by atoms with Gasteiger partial charge in [-0.15, -0.1) is 0 Å². The lowest BCUT2D eigenvalue weighted by atomic mass is 10.1. The van der Waals surface area contributed by atoms with Crippen molar-refractivity contribution in [2.45, 2.75) is 19.4 Å². The maximum Gasteiger partial charge on any atom is 0.286 e. The Balaban J connectivity index is 1.79. The van der Waals surface area contributed by atoms with E-state index in [1.54, 1.807) is 48.3 Å². The summed E-state index contributed by atoms with van der Waals surface area (Å²) in [7, 11) is 3.39. The second-order valence-electron chi connectivity index (χ2n) is 6.21. The molecule has 2 N–H and O–H groups in total. The third-order valence-corrected chi connectivity index (χ3v) is 4.31. The van der Waals surface area contributed by atoms with Crippen LogP contribution in [-0.2, 0) is 7.05 Å². The highest BCUT2D eigenvalue weighted by molar-refractivity contribution is 5.96. The van der Waals surface area contributed by atoms with Gasteiger partial charge >= 0.3 is 0 Å². The third kappa shape index (κ3) is 4.08. The van der Waals surface area contributed by atoms with E-state index in [1.807, 2.05) is 26.2 Å². The summed E-state index contributed by atoms with van der Waals surface area (Å²) in [6, 6.07) is 10.3. The molecule has 0 aliphatic carbocycles. The van der Waals surface area contributed by atoms with Gasteiger partial charge in [0.05, 0.1) is 12.2 Å². The molecule has 0 saturated carbocycles. The molecule has 0 spiro atoms. The largest absolute Gasteiger partial charge is 0.451 e. The molecule has 2 heterocycles. The predicted octanol–water partition coefficient (Wildman–Crippen LogP) is 2.92. The SMILES string of the molecule is CC[C@@H](NC(=O)c1cccc(-c2ccc(C(=O)NC)o2)c1)c1cnn(C)c1. The van der Waals surface area contributed by atoms with Gasteiger partial charge in [-0.05, 0) is 30.7 Å². The van der Waals surface area contributed by atoms with Gasteiger partial charge in [-0.2, -0.15) is 5.10 Å². The zero-order chi connectivity index (χ0) is 19.4. The van der Waals surface area contributed by atoms with Crippen LogP contribution in [0.3, 0.4) is 0 Å². The Kier molecular flexibility index (Phi) is 5.40. The molecule has 140 valence electrons. The summed E-state index contributed by atoms with van der Waals surface area (Å²) >= 11 is 0. The van der Waals surface area contributed by atoms with Crippen LogP contribution in [0.1, 0.15) is 45.9 Å². The van der Waals surface area contributed by atoms with E-state index in [1.165, 1.54) is 0 Å². The Labute approximate surface area is 157 Å². The van der Waals surface area contributed by atoms with Crippen LogP contribution < -0.4 is 10.6 Å². The van der Waals surface area contributed by atoms with Crippen LogP contribution in [0.5, 0.6) is 0 Å². The van der Waals surface area contributed by atoms with Crippen molar-refractivity contribution >= 4 is 11.8 Å². The normalized spacial score (nSPS) is 11.8. The first-order chi connectivity index (χ1) is 13.0. The van der Waals surface area contributed by atoms with E-state index in [2.05, 4.69) is 15.7 Å². The highest BCUT2D eigenvalue weighted by Gasteiger charge is 2.17. The standard InChI is InChI=1S/C20H22N4O3/c1-4-16(15-11-22-24(3)12-15)23-19(25)14-7-5-6-13(10-14)17-8-9-18(27-17)20(26)21-2/h5-12,16H,4H2,1-3H3,(H,21,26)(H,23,25)/t16-/m1/s1. The van der Waals surface area contributed by atoms with Crippen LogP contribution in [0.25, 0.3) is 11.3 Å². The van der Waals surface area contributed by atoms with Crippen LogP contribution in [0.4, 0.5) is 0 Å². The fourth-order valence-electron chi connectivity index (χ4n) is 2.83. The first kappa shape index (κ1) is 18.4. The summed E-state index contributed by atoms with van der Waals surface area (Å²) in [5, 5.41) is 9.72. The summed E-state index contributed by atoms with van der Waals surface area (Å²) in [5.74, 6) is 0.288. The molecule has 0 saturated heterocycles. The molecule has 0 fully saturated rings. The molecule has 3 rings (SSSR count). The van der Waals surface area contributed by atoms with Crippen LogP contribution >= 0.6 is 0 Å². The average molecular weight is 366 g/mol. The van der Waals surface area contributed by atoms with E-state index in [-0.39, 0.29) is 23.6 Å². The molecule has 2 aromatic heterocycles. The summed E-state index contributed by atoms with van der Waals surface area (Å²) in [6.45, 7) is 2.01. The number of aromatic nitrogens is 2. The lowest BCUT2D eigenvalue weighted by Gasteiger charge is -2.15. The van der Waals surface area contributed by atoms with Crippen molar-refractivity contribution < 1.29 is 14.0 Å². The second-order valence-corrected chi connectivity index (χ2v) is 6.21. The quantitative estimate of drug-likeness (QED) is 0.702. The summed E-state index contributed by atoms with van der Waals surface area (Å²) in [4.78, 5) is 24.4. The second kappa shape index (κ2) is 7.90. The number of nitrogens with zero attached hydrogens (tertiary/aromatic N) is 2. The fraction of sp³-hybridized carbons (Fsp3) is 0.250. The monoisotopic (exact) mass is 366 g/mol. The van der Waals surface area contributed by atoms with E-state index < -0.39 is 0 Å². The van der Waals surface area contributed by atoms with Crippen molar-refractivity contribution in [1.29, 1.82) is 0 Å². The topological polar surface area (TPSA) is 89.2 Å². The summed E-state index contributed by atoms with van der Waals surface area (Å²) < 4.78 is 7.29. The Bertz CT molecular complexity index is 958. The lowest BCUT2D eigenvalue weighted by molar-refractivity contribution is 0.0927. The molecule has 1 atom stereocenters. The molecule has 27 heavy (non-hydrogen) atoms. The number of rotatable bonds is 6. The number of carbonyl (C=O) groups excluding carboxylic acids is 2. The zero-order valence-electron chi connectivity index (χ0n) is 15.5. The van der Waals surface area contributed by atoms with E-state index in [0.29, 0.717) is 11.3 Å². The maximum atomic E-state index is 12.7. The Morgan fingerprint density at radius 2 is 2.04 bits per heavy atom. The molecule has 2 amide bonds. The van der Waals surface area contributed by atoms with Gasteiger partial charge in [-0.3, -0.25) is 14.3 Å². The van der Waals surface area contributed by atoms with E-state index in [0.717, 1.165) is 17.5 Å². The minimum absolute atomic E-state index is 0.113. The molecule has 0 radical (unpaired) electrons. The molecule has 0 aliphatic heterocycles. The van der Waals surface area contributed by atoms with Crippen molar-refractivity contribution in [2.75, 3.05) is 7.05 Å². The predicted molar refractivity (Wildman–Crippen MR) is 101 cm³/mol. The molecule has 0 aliphatic rings. The van der Waals surface area contributed by atoms with Crippen molar-refractivity contribution in [3.05, 3.63) is 65.7 Å². The van der Waals surface area contributed by atoms with Gasteiger partial charge in [-0.1, -0.05) is 19.1 Å². The molecule has 0 unspecified atom stereocenters. The number of aryl methyl sites for hydroxylation is 1. The first-order valence-corrected chi connectivity index (χ1v) is 8.73. The van der Waals surface area contributed by atoms with Gasteiger partial charge in [0, 0.05) is 37.0 Å². The summed E-state index contributed by atoms with van der Waals surface area (Å²) in [6.07, 6.45) is 4.41. The van der Waals surface area contributed by atoms with Crippen LogP contribution in [-0.4, -0.2) is 28.6 Å². The first-order valence-electron chi connectivity index (χ1n) is 8.73. The molecule has 7 heteroatoms. The minimum atomic E-state index is -0.294. The smallest absolute Gasteiger partial charge is 0.286 e. The summed E-state index contributed by atoms with van der Waals surface area (Å²) in [5.41, 5.74) is 2.21. The van der Waals surface area contributed by atoms with Crippen molar-refractivity contribution in [3.8, 4) is 11.3 Å². The average Bonchev–Trinajstić information content (AvgIpc) is 3.35. The number of amides is 2. The molecule has 1 aromatic carbocycles. The lowest BCUT2D eigenvalue weighted by Crippen LogP contribution is -2.27. The van der Waals surface area contributed by atoms with Crippen LogP contribution in [0.15, 0.2) is 53.2 Å². The number of nitrogens with one attached hydrogen (secondary N) is 2. The van der Waals surface area contributed by atoms with E-state index in [9.17, 15) is 9.59 Å². The Morgan fingerprint density at radius 3 is 2.70 bits per heavy atom. The number of furan rings is 1. The zero-order valence-corrected chi connectivity index (χ0v) is 15.5. The minimum Gasteiger partial charge on any atom is -0.451 e. The molecule has 7 nitrogen and oxygen atoms in total. The molecule has 3 aromatic rings. The number of hydrogen-bond acceptors (Lipinski definition) is 4. The van der Waals surface area contributed by atoms with Crippen LogP contribution in [0, 0.1) is 0 Å². The van der Waals surface area contributed by atoms with Gasteiger partial charge in [-0.25, -0.2) is 0 Å². The van der Waals surface area contributed by atoms with Crippen molar-refractivity contribution in [2.24, 2.45) is 7.05 Å². The van der Waals surface area contributed by atoms with E-state index in [4.69, 9.17) is 4.42 Å². The van der Waals surface area contributed by atoms with Crippen LogP contribution in [0.2, 0.25) is 0 Å². The molecular formula is C20H22N4O3. The van der Waals surface area contributed by atoms with Gasteiger partial charge < -0.3 is 15.1 Å². The van der Waals surface area contributed by atoms with Gasteiger partial charge in [0.1, 0.15) is 5.76 Å². The van der Waals surface area contributed by atoms with Gasteiger partial charge in [0.15, 0.2) is 5.76 Å². The van der Waals surface area contributed by atoms with Gasteiger partial charge in [0.2, 0.25) is 0 Å². The van der Waals surface area contributed by atoms with Crippen molar-refractivity contribution in [3.63, 3.8) is 0 Å². The molecule has 0 bridgehead atoms. The molecular weight excluding hydrogens is 344 g/mol. The highest BCUT2D eigenvalue weighted by Crippen LogP contribution is 2.24. The number of hydrogen-bond donors (Lipinski definition) is 2. The Hall–Kier alpha value is -3.35. The van der Waals surface area contributed by atoms with Gasteiger partial charge in [0.25, 0.3) is 11.8 Å². The van der Waals surface area contributed by atoms with Crippen molar-refractivity contribution in [1.82, 2.24) is 20.4 Å². The number of benzene rings is 1. The maximum absolute atomic E-state index is 12.7. The van der Waals surface area contributed by atoms with E-state index >= 15 is 0 Å². The third-order valence-electron chi connectivity index (χ3n) is 4.31. The fourth-order valence-corrected chi connectivity index (χ4v) is 2.83. The number of carbonyl (C=O) groups is 2.